The Balaban J connectivity index is 2.14. The molecule has 2 unspecified atom stereocenters. The van der Waals surface area contributed by atoms with E-state index >= 15 is 0 Å². The second-order valence-electron chi connectivity index (χ2n) is 4.78. The topological polar surface area (TPSA) is 3.24 Å². The van der Waals surface area contributed by atoms with Crippen molar-refractivity contribution >= 4 is 15.9 Å². The van der Waals surface area contributed by atoms with Gasteiger partial charge in [0.15, 0.2) is 0 Å². The first-order chi connectivity index (χ1) is 6.74. The zero-order chi connectivity index (χ0) is 10.4. The summed E-state index contributed by atoms with van der Waals surface area (Å²) in [6, 6.07) is 0.829. The molecular weight excluding hydrogens is 238 g/mol. The minimum absolute atomic E-state index is 0.829. The van der Waals surface area contributed by atoms with Crippen LogP contribution < -0.4 is 0 Å². The van der Waals surface area contributed by atoms with E-state index in [2.05, 4.69) is 34.7 Å². The van der Waals surface area contributed by atoms with Gasteiger partial charge in [0.25, 0.3) is 0 Å². The summed E-state index contributed by atoms with van der Waals surface area (Å²) in [6.07, 6.45) is 6.92. The molecule has 0 saturated carbocycles. The van der Waals surface area contributed by atoms with Crippen molar-refractivity contribution in [1.82, 2.24) is 4.90 Å². The number of alkyl halides is 1. The summed E-state index contributed by atoms with van der Waals surface area (Å²) in [5, 5.41) is 1.17. The van der Waals surface area contributed by atoms with Crippen LogP contribution in [0.1, 0.15) is 46.0 Å². The molecule has 0 aromatic carbocycles. The molecule has 0 bridgehead atoms. The molecule has 2 heteroatoms. The Hall–Kier alpha value is 0.440. The third-order valence-corrected chi connectivity index (χ3v) is 3.89. The molecule has 1 rings (SSSR count). The molecule has 14 heavy (non-hydrogen) atoms. The van der Waals surface area contributed by atoms with Crippen molar-refractivity contribution < 1.29 is 0 Å². The fourth-order valence-electron chi connectivity index (χ4n) is 2.28. The van der Waals surface area contributed by atoms with E-state index in [1.165, 1.54) is 50.5 Å². The SMILES string of the molecule is CC1CCC(C)N(CCCCCBr)C1. The number of piperidine rings is 1. The van der Waals surface area contributed by atoms with E-state index in [0.717, 1.165) is 12.0 Å². The van der Waals surface area contributed by atoms with E-state index in [1.807, 2.05) is 0 Å². The molecule has 0 spiro atoms. The van der Waals surface area contributed by atoms with Gasteiger partial charge in [0.05, 0.1) is 0 Å². The van der Waals surface area contributed by atoms with Crippen molar-refractivity contribution in [2.75, 3.05) is 18.4 Å². The molecule has 0 aromatic heterocycles. The van der Waals surface area contributed by atoms with Gasteiger partial charge in [-0.3, -0.25) is 0 Å². The van der Waals surface area contributed by atoms with Gasteiger partial charge in [-0.25, -0.2) is 0 Å². The third-order valence-electron chi connectivity index (χ3n) is 3.33. The molecule has 84 valence electrons. The highest BCUT2D eigenvalue weighted by atomic mass is 79.9. The maximum Gasteiger partial charge on any atom is 0.00671 e. The quantitative estimate of drug-likeness (QED) is 0.539. The van der Waals surface area contributed by atoms with Crippen LogP contribution in [0.2, 0.25) is 0 Å². The predicted molar refractivity (Wildman–Crippen MR) is 67.1 cm³/mol. The molecule has 1 aliphatic heterocycles. The van der Waals surface area contributed by atoms with Crippen molar-refractivity contribution in [3.8, 4) is 0 Å². The van der Waals surface area contributed by atoms with Crippen LogP contribution in [0, 0.1) is 5.92 Å². The largest absolute Gasteiger partial charge is 0.300 e. The van der Waals surface area contributed by atoms with Crippen LogP contribution in [0.3, 0.4) is 0 Å². The van der Waals surface area contributed by atoms with Gasteiger partial charge < -0.3 is 4.90 Å². The summed E-state index contributed by atoms with van der Waals surface area (Å²) < 4.78 is 0. The molecule has 0 amide bonds. The lowest BCUT2D eigenvalue weighted by Gasteiger charge is -2.36. The number of nitrogens with zero attached hydrogens (tertiary/aromatic N) is 1. The Kier molecular flexibility index (Phi) is 6.11. The zero-order valence-electron chi connectivity index (χ0n) is 9.64. The van der Waals surface area contributed by atoms with Crippen molar-refractivity contribution in [1.29, 1.82) is 0 Å². The van der Waals surface area contributed by atoms with Crippen molar-refractivity contribution in [2.24, 2.45) is 5.92 Å². The summed E-state index contributed by atoms with van der Waals surface area (Å²) in [5.41, 5.74) is 0. The van der Waals surface area contributed by atoms with Crippen LogP contribution in [0.5, 0.6) is 0 Å². The van der Waals surface area contributed by atoms with Crippen LogP contribution in [0.25, 0.3) is 0 Å². The molecule has 1 heterocycles. The molecule has 0 radical (unpaired) electrons. The van der Waals surface area contributed by atoms with E-state index in [4.69, 9.17) is 0 Å². The summed E-state index contributed by atoms with van der Waals surface area (Å²) in [5.74, 6) is 0.919. The Morgan fingerprint density at radius 2 is 1.93 bits per heavy atom. The summed E-state index contributed by atoms with van der Waals surface area (Å²) in [4.78, 5) is 2.68. The van der Waals surface area contributed by atoms with Gasteiger partial charge >= 0.3 is 0 Å². The van der Waals surface area contributed by atoms with Gasteiger partial charge in [-0.1, -0.05) is 29.3 Å². The zero-order valence-corrected chi connectivity index (χ0v) is 11.2. The summed E-state index contributed by atoms with van der Waals surface area (Å²) >= 11 is 3.48. The van der Waals surface area contributed by atoms with Crippen LogP contribution in [-0.2, 0) is 0 Å². The Morgan fingerprint density at radius 1 is 1.14 bits per heavy atom. The van der Waals surface area contributed by atoms with Gasteiger partial charge in [0.1, 0.15) is 0 Å². The molecule has 1 fully saturated rings. The highest BCUT2D eigenvalue weighted by Crippen LogP contribution is 2.21. The van der Waals surface area contributed by atoms with E-state index in [9.17, 15) is 0 Å². The maximum absolute atomic E-state index is 3.48. The molecule has 2 atom stereocenters. The molecule has 0 aromatic rings. The minimum Gasteiger partial charge on any atom is -0.300 e. The predicted octanol–water partition coefficient (Wildman–Crippen LogP) is 3.67. The van der Waals surface area contributed by atoms with Gasteiger partial charge in [-0.2, -0.15) is 0 Å². The van der Waals surface area contributed by atoms with Crippen molar-refractivity contribution in [3.63, 3.8) is 0 Å². The normalized spacial score (nSPS) is 29.4. The lowest BCUT2D eigenvalue weighted by molar-refractivity contribution is 0.123. The van der Waals surface area contributed by atoms with E-state index in [0.29, 0.717) is 0 Å². The monoisotopic (exact) mass is 261 g/mol. The molecular formula is C12H24BrN. The standard InChI is InChI=1S/C12H24BrN/c1-11-6-7-12(2)14(10-11)9-5-3-4-8-13/h11-12H,3-10H2,1-2H3. The number of hydrogen-bond donors (Lipinski definition) is 0. The fourth-order valence-corrected chi connectivity index (χ4v) is 2.67. The van der Waals surface area contributed by atoms with Gasteiger partial charge in [-0.15, -0.1) is 0 Å². The van der Waals surface area contributed by atoms with Crippen molar-refractivity contribution in [2.45, 2.75) is 52.0 Å². The molecule has 1 nitrogen and oxygen atoms in total. The number of hydrogen-bond acceptors (Lipinski definition) is 1. The molecule has 1 saturated heterocycles. The Morgan fingerprint density at radius 3 is 2.64 bits per heavy atom. The third kappa shape index (κ3) is 4.31. The Labute approximate surface area is 97.4 Å². The van der Waals surface area contributed by atoms with E-state index < -0.39 is 0 Å². The first-order valence-corrected chi connectivity index (χ1v) is 7.16. The summed E-state index contributed by atoms with van der Waals surface area (Å²) in [7, 11) is 0. The molecule has 0 N–H and O–H groups in total. The van der Waals surface area contributed by atoms with Gasteiger partial charge in [-0.05, 0) is 45.1 Å². The highest BCUT2D eigenvalue weighted by molar-refractivity contribution is 9.09. The van der Waals surface area contributed by atoms with Crippen LogP contribution in [0.4, 0.5) is 0 Å². The summed E-state index contributed by atoms with van der Waals surface area (Å²) in [6.45, 7) is 7.42. The van der Waals surface area contributed by atoms with Crippen LogP contribution >= 0.6 is 15.9 Å². The smallest absolute Gasteiger partial charge is 0.00671 e. The van der Waals surface area contributed by atoms with Crippen LogP contribution in [-0.4, -0.2) is 29.4 Å². The second kappa shape index (κ2) is 6.84. The fraction of sp³-hybridized carbons (Fsp3) is 1.00. The average Bonchev–Trinajstić information content (AvgIpc) is 2.18. The number of rotatable bonds is 5. The minimum atomic E-state index is 0.829. The van der Waals surface area contributed by atoms with Gasteiger partial charge in [0.2, 0.25) is 0 Å². The highest BCUT2D eigenvalue weighted by Gasteiger charge is 2.21. The maximum atomic E-state index is 3.48. The average molecular weight is 262 g/mol. The second-order valence-corrected chi connectivity index (χ2v) is 5.57. The number of likely N-dealkylation sites (tertiary alicyclic amines) is 1. The Bertz CT molecular complexity index is 149. The molecule has 1 aliphatic rings. The number of unbranched alkanes of at least 4 members (excludes halogenated alkanes) is 2. The lowest BCUT2D eigenvalue weighted by Crippen LogP contribution is -2.41. The van der Waals surface area contributed by atoms with Crippen molar-refractivity contribution in [3.05, 3.63) is 0 Å². The lowest BCUT2D eigenvalue weighted by atomic mass is 9.95. The van der Waals surface area contributed by atoms with Crippen LogP contribution in [0.15, 0.2) is 0 Å². The molecule has 0 aliphatic carbocycles. The van der Waals surface area contributed by atoms with Gasteiger partial charge in [0, 0.05) is 17.9 Å². The number of halogens is 1. The first-order valence-electron chi connectivity index (χ1n) is 6.04. The van der Waals surface area contributed by atoms with E-state index in [-0.39, 0.29) is 0 Å². The van der Waals surface area contributed by atoms with E-state index in [1.54, 1.807) is 0 Å². The first kappa shape index (κ1) is 12.5.